The van der Waals surface area contributed by atoms with Crippen molar-refractivity contribution in [1.82, 2.24) is 0 Å². The van der Waals surface area contributed by atoms with E-state index in [1.165, 1.54) is 21.3 Å². The van der Waals surface area contributed by atoms with Crippen molar-refractivity contribution in [1.29, 1.82) is 0 Å². The van der Waals surface area contributed by atoms with Gasteiger partial charge in [-0.2, -0.15) is 0 Å². The Hall–Kier alpha value is -0.640. The second-order valence-electron chi connectivity index (χ2n) is 4.53. The van der Waals surface area contributed by atoms with Crippen LogP contribution < -0.4 is 5.73 Å². The zero-order valence-electron chi connectivity index (χ0n) is 10.3. The van der Waals surface area contributed by atoms with Gasteiger partial charge in [-0.25, -0.2) is 0 Å². The standard InChI is InChI=1S/C15H18BrNS/c16-15-9-2-1-5-12(15)11-13(17)6-3-7-14-8-4-10-18-14/h1-2,4-5,8-10,13H,3,6-7,11,17H2. The molecule has 0 saturated heterocycles. The zero-order chi connectivity index (χ0) is 12.8. The van der Waals surface area contributed by atoms with Gasteiger partial charge in [0.2, 0.25) is 0 Å². The van der Waals surface area contributed by atoms with Gasteiger partial charge in [0.25, 0.3) is 0 Å². The van der Waals surface area contributed by atoms with Gasteiger partial charge in [0, 0.05) is 15.4 Å². The lowest BCUT2D eigenvalue weighted by molar-refractivity contribution is 0.581. The largest absolute Gasteiger partial charge is 0.327 e. The van der Waals surface area contributed by atoms with Gasteiger partial charge in [-0.15, -0.1) is 11.3 Å². The monoisotopic (exact) mass is 323 g/mol. The molecule has 0 aliphatic heterocycles. The lowest BCUT2D eigenvalue weighted by Gasteiger charge is -2.12. The molecule has 0 spiro atoms. The van der Waals surface area contributed by atoms with Gasteiger partial charge in [-0.3, -0.25) is 0 Å². The molecule has 0 bridgehead atoms. The smallest absolute Gasteiger partial charge is 0.0207 e. The molecule has 3 heteroatoms. The van der Waals surface area contributed by atoms with E-state index < -0.39 is 0 Å². The summed E-state index contributed by atoms with van der Waals surface area (Å²) in [7, 11) is 0. The second-order valence-corrected chi connectivity index (χ2v) is 6.41. The van der Waals surface area contributed by atoms with Crippen LogP contribution in [-0.4, -0.2) is 6.04 Å². The fourth-order valence-corrected chi connectivity index (χ4v) is 3.24. The Bertz CT molecular complexity index is 467. The Labute approximate surface area is 121 Å². The molecule has 0 amide bonds. The average molecular weight is 324 g/mol. The Morgan fingerprint density at radius 2 is 2.00 bits per heavy atom. The van der Waals surface area contributed by atoms with Crippen LogP contribution in [0.5, 0.6) is 0 Å². The van der Waals surface area contributed by atoms with Crippen LogP contribution in [0.25, 0.3) is 0 Å². The Kier molecular flexibility index (Phi) is 5.42. The molecule has 2 aromatic rings. The summed E-state index contributed by atoms with van der Waals surface area (Å²) in [6.45, 7) is 0. The van der Waals surface area contributed by atoms with E-state index in [0.29, 0.717) is 0 Å². The van der Waals surface area contributed by atoms with E-state index in [9.17, 15) is 0 Å². The number of hydrogen-bond acceptors (Lipinski definition) is 2. The lowest BCUT2D eigenvalue weighted by Crippen LogP contribution is -2.23. The van der Waals surface area contributed by atoms with Crippen LogP contribution in [0, 0.1) is 0 Å². The van der Waals surface area contributed by atoms with Crippen LogP contribution in [-0.2, 0) is 12.8 Å². The summed E-state index contributed by atoms with van der Waals surface area (Å²) in [5.74, 6) is 0. The molecule has 0 aliphatic rings. The molecule has 1 unspecified atom stereocenters. The number of benzene rings is 1. The molecular weight excluding hydrogens is 306 g/mol. The molecule has 2 rings (SSSR count). The van der Waals surface area contributed by atoms with Crippen molar-refractivity contribution in [2.75, 3.05) is 0 Å². The number of rotatable bonds is 6. The summed E-state index contributed by atoms with van der Waals surface area (Å²) >= 11 is 5.40. The van der Waals surface area contributed by atoms with Gasteiger partial charge in [0.1, 0.15) is 0 Å². The predicted molar refractivity (Wildman–Crippen MR) is 83.1 cm³/mol. The van der Waals surface area contributed by atoms with Gasteiger partial charge in [-0.05, 0) is 48.8 Å². The number of thiophene rings is 1. The first-order valence-corrected chi connectivity index (χ1v) is 7.94. The highest BCUT2D eigenvalue weighted by Gasteiger charge is 2.06. The highest BCUT2D eigenvalue weighted by molar-refractivity contribution is 9.10. The molecular formula is C15H18BrNS. The van der Waals surface area contributed by atoms with Gasteiger partial charge in [-0.1, -0.05) is 40.2 Å². The molecule has 1 aromatic carbocycles. The van der Waals surface area contributed by atoms with E-state index in [-0.39, 0.29) is 6.04 Å². The lowest BCUT2D eigenvalue weighted by atomic mass is 10.0. The third kappa shape index (κ3) is 4.23. The molecule has 1 atom stereocenters. The minimum Gasteiger partial charge on any atom is -0.327 e. The van der Waals surface area contributed by atoms with Crippen LogP contribution in [0.2, 0.25) is 0 Å². The number of nitrogens with two attached hydrogens (primary N) is 1. The number of aryl methyl sites for hydroxylation is 1. The van der Waals surface area contributed by atoms with Crippen LogP contribution in [0.4, 0.5) is 0 Å². The van der Waals surface area contributed by atoms with Gasteiger partial charge >= 0.3 is 0 Å². The van der Waals surface area contributed by atoms with Gasteiger partial charge in [0.05, 0.1) is 0 Å². The molecule has 1 heterocycles. The molecule has 1 aromatic heterocycles. The minimum atomic E-state index is 0.253. The van der Waals surface area contributed by atoms with Crippen LogP contribution >= 0.6 is 27.3 Å². The first kappa shape index (κ1) is 13.8. The second kappa shape index (κ2) is 7.07. The van der Waals surface area contributed by atoms with Crippen LogP contribution in [0.3, 0.4) is 0 Å². The van der Waals surface area contributed by atoms with E-state index in [4.69, 9.17) is 5.73 Å². The molecule has 0 aliphatic carbocycles. The topological polar surface area (TPSA) is 26.0 Å². The predicted octanol–water partition coefficient (Wildman–Crippen LogP) is 4.40. The van der Waals surface area contributed by atoms with E-state index in [1.807, 2.05) is 17.4 Å². The molecule has 0 fully saturated rings. The van der Waals surface area contributed by atoms with Crippen molar-refractivity contribution in [2.45, 2.75) is 31.7 Å². The maximum Gasteiger partial charge on any atom is 0.0207 e. The van der Waals surface area contributed by atoms with Crippen molar-refractivity contribution in [3.8, 4) is 0 Å². The molecule has 0 saturated carbocycles. The molecule has 96 valence electrons. The van der Waals surface area contributed by atoms with E-state index in [1.54, 1.807) is 0 Å². The Balaban J connectivity index is 1.75. The highest BCUT2D eigenvalue weighted by Crippen LogP contribution is 2.19. The van der Waals surface area contributed by atoms with Crippen molar-refractivity contribution in [3.05, 3.63) is 56.7 Å². The van der Waals surface area contributed by atoms with Crippen molar-refractivity contribution >= 4 is 27.3 Å². The summed E-state index contributed by atoms with van der Waals surface area (Å²) < 4.78 is 1.17. The number of halogens is 1. The zero-order valence-corrected chi connectivity index (χ0v) is 12.7. The van der Waals surface area contributed by atoms with E-state index in [0.717, 1.165) is 19.3 Å². The fraction of sp³-hybridized carbons (Fsp3) is 0.333. The maximum atomic E-state index is 6.20. The molecule has 2 N–H and O–H groups in total. The van der Waals surface area contributed by atoms with Gasteiger partial charge < -0.3 is 5.73 Å². The van der Waals surface area contributed by atoms with Crippen molar-refractivity contribution in [3.63, 3.8) is 0 Å². The van der Waals surface area contributed by atoms with Crippen LogP contribution in [0.15, 0.2) is 46.3 Å². The van der Waals surface area contributed by atoms with Gasteiger partial charge in [0.15, 0.2) is 0 Å². The average Bonchev–Trinajstić information content (AvgIpc) is 2.85. The SMILES string of the molecule is NC(CCCc1cccs1)Cc1ccccc1Br. The maximum absolute atomic E-state index is 6.20. The summed E-state index contributed by atoms with van der Waals surface area (Å²) in [5, 5.41) is 2.14. The Morgan fingerprint density at radius 1 is 1.17 bits per heavy atom. The van der Waals surface area contributed by atoms with E-state index >= 15 is 0 Å². The summed E-state index contributed by atoms with van der Waals surface area (Å²) in [6.07, 6.45) is 4.36. The summed E-state index contributed by atoms with van der Waals surface area (Å²) in [6, 6.07) is 12.9. The molecule has 18 heavy (non-hydrogen) atoms. The first-order valence-electron chi connectivity index (χ1n) is 6.27. The van der Waals surface area contributed by atoms with Crippen LogP contribution in [0.1, 0.15) is 23.3 Å². The molecule has 1 nitrogen and oxygen atoms in total. The summed E-state index contributed by atoms with van der Waals surface area (Å²) in [5.41, 5.74) is 7.50. The normalized spacial score (nSPS) is 12.6. The first-order chi connectivity index (χ1) is 8.75. The van der Waals surface area contributed by atoms with E-state index in [2.05, 4.69) is 51.6 Å². The Morgan fingerprint density at radius 3 is 2.72 bits per heavy atom. The van der Waals surface area contributed by atoms with Crippen molar-refractivity contribution < 1.29 is 0 Å². The fourth-order valence-electron chi connectivity index (χ4n) is 2.04. The third-order valence-corrected chi connectivity index (χ3v) is 4.73. The third-order valence-electron chi connectivity index (χ3n) is 3.02. The quantitative estimate of drug-likeness (QED) is 0.837. The number of hydrogen-bond donors (Lipinski definition) is 1. The minimum absolute atomic E-state index is 0.253. The highest BCUT2D eigenvalue weighted by atomic mass is 79.9. The molecule has 0 radical (unpaired) electrons. The van der Waals surface area contributed by atoms with Crippen molar-refractivity contribution in [2.24, 2.45) is 5.73 Å². The summed E-state index contributed by atoms with van der Waals surface area (Å²) in [4.78, 5) is 1.46.